The molecule has 0 unspecified atom stereocenters. The predicted molar refractivity (Wildman–Crippen MR) is 269 cm³/mol. The van der Waals surface area contributed by atoms with Gasteiger partial charge in [0.2, 0.25) is 0 Å². The molecule has 11 rings (SSSR count). The van der Waals surface area contributed by atoms with Crippen LogP contribution >= 0.6 is 0 Å². The maximum Gasteiger partial charge on any atom is 0.0540 e. The summed E-state index contributed by atoms with van der Waals surface area (Å²) in [5.74, 6) is 0. The third-order valence-electron chi connectivity index (χ3n) is 12.2. The van der Waals surface area contributed by atoms with E-state index in [1.807, 2.05) is 0 Å². The van der Waals surface area contributed by atoms with Crippen LogP contribution in [0.1, 0.15) is 0 Å². The average molecular weight is 802 g/mol. The number of hydrogen-bond donors (Lipinski definition) is 0. The molecule has 0 heterocycles. The van der Waals surface area contributed by atoms with E-state index in [4.69, 9.17) is 0 Å². The van der Waals surface area contributed by atoms with Crippen molar-refractivity contribution in [1.29, 1.82) is 0 Å². The highest BCUT2D eigenvalue weighted by Crippen LogP contribution is 2.48. The van der Waals surface area contributed by atoms with E-state index in [1.165, 1.54) is 71.6 Å². The minimum atomic E-state index is 1.08. The van der Waals surface area contributed by atoms with Crippen LogP contribution in [0.5, 0.6) is 0 Å². The van der Waals surface area contributed by atoms with Crippen LogP contribution in [0.15, 0.2) is 261 Å². The molecule has 0 aromatic heterocycles. The highest BCUT2D eigenvalue weighted by molar-refractivity contribution is 6.25. The maximum absolute atomic E-state index is 2.43. The Morgan fingerprint density at radius 3 is 1.21 bits per heavy atom. The van der Waals surface area contributed by atoms with Gasteiger partial charge in [-0.05, 0) is 119 Å². The number of anilines is 3. The van der Waals surface area contributed by atoms with E-state index < -0.39 is 0 Å². The number of nitrogens with zero attached hydrogens (tertiary/aromatic N) is 1. The molecule has 0 saturated heterocycles. The quantitative estimate of drug-likeness (QED) is 0.131. The molecule has 0 aliphatic heterocycles. The first-order chi connectivity index (χ1) is 31.3. The summed E-state index contributed by atoms with van der Waals surface area (Å²) < 4.78 is 0. The molecule has 11 aromatic carbocycles. The van der Waals surface area contributed by atoms with Gasteiger partial charge >= 0.3 is 0 Å². The second-order valence-corrected chi connectivity index (χ2v) is 16.0. The van der Waals surface area contributed by atoms with Crippen molar-refractivity contribution in [1.82, 2.24) is 0 Å². The van der Waals surface area contributed by atoms with Gasteiger partial charge in [-0.15, -0.1) is 0 Å². The van der Waals surface area contributed by atoms with Crippen molar-refractivity contribution >= 4 is 38.6 Å². The van der Waals surface area contributed by atoms with Crippen LogP contribution < -0.4 is 4.90 Å². The topological polar surface area (TPSA) is 3.24 Å². The SMILES string of the molecule is c1ccc(-c2cc(-c3ccccc3)cc(N(c3ccc(-c4cccc5c(-c6ccccc6)c(-c6ccccc6)c6ccccc6c45)cc3)c3ccccc3-c3ccccc3)c2)cc1. The van der Waals surface area contributed by atoms with E-state index in [0.717, 1.165) is 33.8 Å². The molecule has 0 amide bonds. The third-order valence-corrected chi connectivity index (χ3v) is 12.2. The van der Waals surface area contributed by atoms with Gasteiger partial charge in [0.1, 0.15) is 0 Å². The highest BCUT2D eigenvalue weighted by Gasteiger charge is 2.22. The molecule has 0 aliphatic carbocycles. The first-order valence-corrected chi connectivity index (χ1v) is 21.7. The lowest BCUT2D eigenvalue weighted by molar-refractivity contribution is 1.28. The summed E-state index contributed by atoms with van der Waals surface area (Å²) in [4.78, 5) is 2.43. The zero-order valence-corrected chi connectivity index (χ0v) is 34.8. The van der Waals surface area contributed by atoms with Crippen LogP contribution in [-0.4, -0.2) is 0 Å². The van der Waals surface area contributed by atoms with E-state index in [1.54, 1.807) is 0 Å². The molecule has 1 nitrogen and oxygen atoms in total. The predicted octanol–water partition coefficient (Wildman–Crippen LogP) is 17.5. The average Bonchev–Trinajstić information content (AvgIpc) is 3.37. The van der Waals surface area contributed by atoms with E-state index in [2.05, 4.69) is 266 Å². The van der Waals surface area contributed by atoms with Crippen molar-refractivity contribution in [2.45, 2.75) is 0 Å². The van der Waals surface area contributed by atoms with E-state index >= 15 is 0 Å². The lowest BCUT2D eigenvalue weighted by Crippen LogP contribution is -2.11. The van der Waals surface area contributed by atoms with Crippen LogP contribution in [0, 0.1) is 0 Å². The van der Waals surface area contributed by atoms with Gasteiger partial charge in [0.25, 0.3) is 0 Å². The number of fused-ring (bicyclic) bond motifs is 3. The Hall–Kier alpha value is -8.26. The zero-order chi connectivity index (χ0) is 42.0. The Morgan fingerprint density at radius 1 is 0.222 bits per heavy atom. The summed E-state index contributed by atoms with van der Waals surface area (Å²) in [6, 6.07) is 94.6. The second-order valence-electron chi connectivity index (χ2n) is 16.0. The standard InChI is InChI=1S/C62H43N/c1-6-21-44(22-7-1)50-41-51(45-23-8-2-9-24-45)43-53(42-50)63(59-36-19-18-31-54(59)46-25-10-3-11-26-46)52-39-37-47(38-40-52)55-34-20-35-58-61(49-29-14-5-15-30-49)60(48-27-12-4-13-28-48)56-32-16-17-33-57(56)62(55)58/h1-43H. The van der Waals surface area contributed by atoms with Gasteiger partial charge in [-0.2, -0.15) is 0 Å². The van der Waals surface area contributed by atoms with Crippen molar-refractivity contribution in [2.75, 3.05) is 4.90 Å². The van der Waals surface area contributed by atoms with Crippen molar-refractivity contribution in [2.24, 2.45) is 0 Å². The van der Waals surface area contributed by atoms with Crippen molar-refractivity contribution in [3.8, 4) is 66.8 Å². The van der Waals surface area contributed by atoms with Gasteiger partial charge in [-0.25, -0.2) is 0 Å². The minimum absolute atomic E-state index is 1.08. The molecule has 0 N–H and O–H groups in total. The molecule has 296 valence electrons. The summed E-state index contributed by atoms with van der Waals surface area (Å²) in [5, 5.41) is 4.99. The molecule has 0 spiro atoms. The summed E-state index contributed by atoms with van der Waals surface area (Å²) in [7, 11) is 0. The van der Waals surface area contributed by atoms with Crippen molar-refractivity contribution in [3.05, 3.63) is 261 Å². The molecule has 0 radical (unpaired) electrons. The van der Waals surface area contributed by atoms with Gasteiger partial charge in [-0.3, -0.25) is 0 Å². The maximum atomic E-state index is 2.43. The first kappa shape index (κ1) is 37.7. The Kier molecular flexibility index (Phi) is 9.97. The van der Waals surface area contributed by atoms with Crippen LogP contribution in [0.25, 0.3) is 88.3 Å². The highest BCUT2D eigenvalue weighted by atomic mass is 15.1. The van der Waals surface area contributed by atoms with Crippen LogP contribution in [0.3, 0.4) is 0 Å². The fourth-order valence-electron chi connectivity index (χ4n) is 9.37. The Balaban J connectivity index is 1.13. The number of para-hydroxylation sites is 1. The van der Waals surface area contributed by atoms with Gasteiger partial charge in [0.15, 0.2) is 0 Å². The van der Waals surface area contributed by atoms with Gasteiger partial charge in [-0.1, -0.05) is 224 Å². The Morgan fingerprint density at radius 2 is 0.635 bits per heavy atom. The van der Waals surface area contributed by atoms with E-state index in [0.29, 0.717) is 0 Å². The summed E-state index contributed by atoms with van der Waals surface area (Å²) in [6.07, 6.45) is 0. The zero-order valence-electron chi connectivity index (χ0n) is 34.8. The molecule has 0 aliphatic rings. The van der Waals surface area contributed by atoms with E-state index in [9.17, 15) is 0 Å². The molecule has 0 saturated carbocycles. The Labute approximate surface area is 369 Å². The summed E-state index contributed by atoms with van der Waals surface area (Å²) >= 11 is 0. The van der Waals surface area contributed by atoms with Crippen molar-refractivity contribution < 1.29 is 0 Å². The van der Waals surface area contributed by atoms with Crippen LogP contribution in [0.4, 0.5) is 17.1 Å². The monoisotopic (exact) mass is 801 g/mol. The number of benzene rings is 11. The smallest absolute Gasteiger partial charge is 0.0540 e. The minimum Gasteiger partial charge on any atom is -0.310 e. The molecule has 0 fully saturated rings. The fraction of sp³-hybridized carbons (Fsp3) is 0. The number of hydrogen-bond acceptors (Lipinski definition) is 1. The lowest BCUT2D eigenvalue weighted by atomic mass is 9.83. The van der Waals surface area contributed by atoms with Gasteiger partial charge < -0.3 is 4.90 Å². The molecule has 0 atom stereocenters. The third kappa shape index (κ3) is 7.16. The lowest BCUT2D eigenvalue weighted by Gasteiger charge is -2.29. The molecule has 63 heavy (non-hydrogen) atoms. The van der Waals surface area contributed by atoms with E-state index in [-0.39, 0.29) is 0 Å². The summed E-state index contributed by atoms with van der Waals surface area (Å²) in [6.45, 7) is 0. The molecule has 0 bridgehead atoms. The molecular formula is C62H43N. The Bertz CT molecular complexity index is 3280. The fourth-order valence-corrected chi connectivity index (χ4v) is 9.37. The molecule has 1 heteroatoms. The normalized spacial score (nSPS) is 11.2. The van der Waals surface area contributed by atoms with Gasteiger partial charge in [0.05, 0.1) is 5.69 Å². The molecular weight excluding hydrogens is 759 g/mol. The first-order valence-electron chi connectivity index (χ1n) is 21.7. The number of rotatable bonds is 9. The van der Waals surface area contributed by atoms with Crippen molar-refractivity contribution in [3.63, 3.8) is 0 Å². The van der Waals surface area contributed by atoms with Crippen LogP contribution in [0.2, 0.25) is 0 Å². The second kappa shape index (κ2) is 16.7. The van der Waals surface area contributed by atoms with Gasteiger partial charge in [0, 0.05) is 16.9 Å². The molecule has 11 aromatic rings. The summed E-state index contributed by atoms with van der Waals surface area (Å²) in [5.41, 5.74) is 17.6. The van der Waals surface area contributed by atoms with Crippen LogP contribution in [-0.2, 0) is 0 Å². The largest absolute Gasteiger partial charge is 0.310 e.